The third-order valence-corrected chi connectivity index (χ3v) is 3.34. The first-order valence-corrected chi connectivity index (χ1v) is 7.16. The van der Waals surface area contributed by atoms with Gasteiger partial charge in [0.25, 0.3) is 0 Å². The van der Waals surface area contributed by atoms with E-state index < -0.39 is 6.09 Å². The molecule has 2 N–H and O–H groups in total. The lowest BCUT2D eigenvalue weighted by molar-refractivity contribution is -0.109. The monoisotopic (exact) mass is 329 g/mol. The number of hydrogen-bond donors (Lipinski definition) is 2. The Bertz CT molecular complexity index is 714. The Morgan fingerprint density at radius 2 is 2.21 bits per heavy atom. The van der Waals surface area contributed by atoms with Gasteiger partial charge in [-0.3, -0.25) is 9.69 Å². The van der Waals surface area contributed by atoms with E-state index in [1.165, 1.54) is 6.34 Å². The van der Waals surface area contributed by atoms with Gasteiger partial charge in [-0.05, 0) is 24.3 Å². The molecule has 124 valence electrons. The van der Waals surface area contributed by atoms with Crippen LogP contribution in [0.15, 0.2) is 41.8 Å². The van der Waals surface area contributed by atoms with Crippen molar-refractivity contribution in [3.05, 3.63) is 36.7 Å². The van der Waals surface area contributed by atoms with Crippen molar-refractivity contribution >= 4 is 30.2 Å². The fraction of sp³-hybridized carbons (Fsp3) is 0.214. The van der Waals surface area contributed by atoms with Crippen LogP contribution in [-0.2, 0) is 16.1 Å². The number of cyclic esters (lactones) is 1. The van der Waals surface area contributed by atoms with Crippen molar-refractivity contribution in [2.45, 2.75) is 12.6 Å². The summed E-state index contributed by atoms with van der Waals surface area (Å²) < 4.78 is 6.97. The van der Waals surface area contributed by atoms with E-state index in [1.807, 2.05) is 0 Å². The lowest BCUT2D eigenvalue weighted by Gasteiger charge is -2.13. The highest BCUT2D eigenvalue weighted by Gasteiger charge is 2.32. The number of carbonyl (C=O) groups is 2. The molecule has 0 radical (unpaired) electrons. The van der Waals surface area contributed by atoms with E-state index in [9.17, 15) is 9.59 Å². The van der Waals surface area contributed by atoms with Gasteiger partial charge < -0.3 is 10.1 Å². The van der Waals surface area contributed by atoms with Gasteiger partial charge in [-0.1, -0.05) is 5.21 Å². The van der Waals surface area contributed by atoms with Crippen LogP contribution in [0, 0.1) is 0 Å². The van der Waals surface area contributed by atoms with Crippen molar-refractivity contribution in [2.24, 2.45) is 5.10 Å². The molecule has 0 spiro atoms. The van der Waals surface area contributed by atoms with E-state index >= 15 is 0 Å². The molecule has 10 nitrogen and oxygen atoms in total. The molecule has 1 atom stereocenters. The van der Waals surface area contributed by atoms with Crippen LogP contribution in [0.4, 0.5) is 16.2 Å². The molecule has 10 heteroatoms. The minimum absolute atomic E-state index is 0.279. The van der Waals surface area contributed by atoms with Gasteiger partial charge in [-0.2, -0.15) is 5.10 Å². The van der Waals surface area contributed by atoms with Gasteiger partial charge >= 0.3 is 6.09 Å². The number of benzene rings is 1. The second kappa shape index (κ2) is 7.22. The van der Waals surface area contributed by atoms with Crippen LogP contribution in [0.1, 0.15) is 0 Å². The van der Waals surface area contributed by atoms with Gasteiger partial charge in [0.1, 0.15) is 12.4 Å². The summed E-state index contributed by atoms with van der Waals surface area (Å²) in [5.41, 5.74) is 3.65. The number of rotatable bonds is 7. The number of hydrazone groups is 1. The summed E-state index contributed by atoms with van der Waals surface area (Å²) in [5, 5.41) is 14.1. The van der Waals surface area contributed by atoms with Crippen molar-refractivity contribution in [1.29, 1.82) is 0 Å². The molecule has 2 heterocycles. The number of carbonyl (C=O) groups excluding carboxylic acids is 2. The Labute approximate surface area is 137 Å². The molecule has 2 aromatic rings. The molecule has 0 unspecified atom stereocenters. The minimum atomic E-state index is -0.391. The van der Waals surface area contributed by atoms with Crippen LogP contribution in [0.25, 0.3) is 0 Å². The summed E-state index contributed by atoms with van der Waals surface area (Å²) in [6.45, 7) is 0.901. The minimum Gasteiger partial charge on any atom is -0.442 e. The number of nitrogens with zero attached hydrogens (tertiary/aromatic N) is 5. The molecule has 24 heavy (non-hydrogen) atoms. The highest BCUT2D eigenvalue weighted by molar-refractivity contribution is 5.90. The van der Waals surface area contributed by atoms with Crippen molar-refractivity contribution in [1.82, 2.24) is 20.4 Å². The Kier molecular flexibility index (Phi) is 4.65. The molecular weight excluding hydrogens is 314 g/mol. The molecule has 1 aromatic carbocycles. The summed E-state index contributed by atoms with van der Waals surface area (Å²) in [7, 11) is 0. The Morgan fingerprint density at radius 3 is 2.92 bits per heavy atom. The maximum atomic E-state index is 12.0. The number of hydrogen-bond acceptors (Lipinski definition) is 6. The smallest absolute Gasteiger partial charge is 0.414 e. The van der Waals surface area contributed by atoms with E-state index in [0.29, 0.717) is 19.5 Å². The van der Waals surface area contributed by atoms with Gasteiger partial charge in [0.15, 0.2) is 0 Å². The zero-order valence-electron chi connectivity index (χ0n) is 12.6. The standard InChI is InChI=1S/C14H15N7O3/c22-10-18-17-9-15-11-1-3-12(4-2-11)21-8-13(24-14(21)23)7-20-6-5-16-19-20/h1-6,9-10,13H,7-8H2,(H,15,17)(H,18,22)/t13-/m0/s1. The van der Waals surface area contributed by atoms with E-state index in [0.717, 1.165) is 11.4 Å². The fourth-order valence-corrected chi connectivity index (χ4v) is 2.28. The van der Waals surface area contributed by atoms with E-state index in [4.69, 9.17) is 4.74 Å². The first-order chi connectivity index (χ1) is 11.8. The molecule has 0 bridgehead atoms. The number of ether oxygens (including phenoxy) is 1. The van der Waals surface area contributed by atoms with Crippen LogP contribution in [0.3, 0.4) is 0 Å². The summed E-state index contributed by atoms with van der Waals surface area (Å²) in [6.07, 6.45) is 4.44. The number of aromatic nitrogens is 3. The molecule has 1 aliphatic heterocycles. The highest BCUT2D eigenvalue weighted by Crippen LogP contribution is 2.23. The average Bonchev–Trinajstić information content (AvgIpc) is 3.22. The first kappa shape index (κ1) is 15.5. The van der Waals surface area contributed by atoms with Gasteiger partial charge in [0.05, 0.1) is 19.3 Å². The van der Waals surface area contributed by atoms with E-state index in [-0.39, 0.29) is 6.10 Å². The van der Waals surface area contributed by atoms with Crippen molar-refractivity contribution in [3.8, 4) is 0 Å². The third kappa shape index (κ3) is 3.66. The average molecular weight is 329 g/mol. The topological polar surface area (TPSA) is 114 Å². The fourth-order valence-electron chi connectivity index (χ4n) is 2.28. The Morgan fingerprint density at radius 1 is 1.38 bits per heavy atom. The van der Waals surface area contributed by atoms with Crippen LogP contribution in [-0.4, -0.2) is 46.5 Å². The number of nitrogens with one attached hydrogen (secondary N) is 2. The molecule has 3 rings (SSSR count). The Balaban J connectivity index is 1.59. The van der Waals surface area contributed by atoms with Crippen molar-refractivity contribution in [3.63, 3.8) is 0 Å². The maximum absolute atomic E-state index is 12.0. The highest BCUT2D eigenvalue weighted by atomic mass is 16.6. The summed E-state index contributed by atoms with van der Waals surface area (Å²) >= 11 is 0. The number of amides is 2. The van der Waals surface area contributed by atoms with Gasteiger partial charge in [-0.15, -0.1) is 5.10 Å². The lowest BCUT2D eigenvalue weighted by atomic mass is 10.2. The second-order valence-corrected chi connectivity index (χ2v) is 4.94. The quantitative estimate of drug-likeness (QED) is 0.329. The zero-order valence-corrected chi connectivity index (χ0v) is 12.6. The second-order valence-electron chi connectivity index (χ2n) is 4.94. The summed E-state index contributed by atoms with van der Waals surface area (Å²) in [4.78, 5) is 23.6. The van der Waals surface area contributed by atoms with Crippen molar-refractivity contribution in [2.75, 3.05) is 16.8 Å². The number of anilines is 2. The lowest BCUT2D eigenvalue weighted by Crippen LogP contribution is -2.26. The molecule has 1 aliphatic rings. The van der Waals surface area contributed by atoms with E-state index in [2.05, 4.69) is 26.2 Å². The maximum Gasteiger partial charge on any atom is 0.414 e. The van der Waals surface area contributed by atoms with Crippen LogP contribution >= 0.6 is 0 Å². The van der Waals surface area contributed by atoms with Crippen LogP contribution in [0.2, 0.25) is 0 Å². The zero-order chi connectivity index (χ0) is 16.8. The van der Waals surface area contributed by atoms with Crippen LogP contribution < -0.4 is 15.6 Å². The molecular formula is C14H15N7O3. The van der Waals surface area contributed by atoms with Gasteiger partial charge in [-0.25, -0.2) is 14.9 Å². The predicted octanol–water partition coefficient (Wildman–Crippen LogP) is 0.405. The SMILES string of the molecule is O=CN/N=C\Nc1ccc(N2C[C@H](Cn3ccnn3)OC2=O)cc1. The molecule has 2 amide bonds. The molecule has 1 fully saturated rings. The van der Waals surface area contributed by atoms with E-state index in [1.54, 1.807) is 46.2 Å². The van der Waals surface area contributed by atoms with Crippen LogP contribution in [0.5, 0.6) is 0 Å². The molecule has 0 aliphatic carbocycles. The molecule has 0 saturated carbocycles. The largest absolute Gasteiger partial charge is 0.442 e. The first-order valence-electron chi connectivity index (χ1n) is 7.16. The van der Waals surface area contributed by atoms with Gasteiger partial charge in [0, 0.05) is 17.6 Å². The molecule has 1 aromatic heterocycles. The van der Waals surface area contributed by atoms with Crippen molar-refractivity contribution < 1.29 is 14.3 Å². The summed E-state index contributed by atoms with van der Waals surface area (Å²) in [6, 6.07) is 7.17. The normalized spacial score (nSPS) is 17.1. The van der Waals surface area contributed by atoms with Gasteiger partial charge in [0.2, 0.25) is 6.41 Å². The summed E-state index contributed by atoms with van der Waals surface area (Å²) in [5.74, 6) is 0. The molecule has 1 saturated heterocycles. The third-order valence-electron chi connectivity index (χ3n) is 3.34. The Hall–Kier alpha value is -3.43. The predicted molar refractivity (Wildman–Crippen MR) is 85.4 cm³/mol.